The van der Waals surface area contributed by atoms with Gasteiger partial charge in [-0.15, -0.1) is 0 Å². The number of benzene rings is 2. The zero-order chi connectivity index (χ0) is 19.2. The van der Waals surface area contributed by atoms with Crippen LogP contribution in [-0.2, 0) is 16.1 Å². The molecule has 0 saturated heterocycles. The lowest BCUT2D eigenvalue weighted by molar-refractivity contribution is -0.121. The highest BCUT2D eigenvalue weighted by Gasteiger charge is 2.25. The highest BCUT2D eigenvalue weighted by molar-refractivity contribution is 6.02. The van der Waals surface area contributed by atoms with Crippen molar-refractivity contribution in [3.8, 4) is 0 Å². The first-order valence-corrected chi connectivity index (χ1v) is 9.06. The molecule has 1 aliphatic rings. The lowest BCUT2D eigenvalue weighted by Crippen LogP contribution is -2.28. The average molecular weight is 367 g/mol. The van der Waals surface area contributed by atoms with Crippen LogP contribution in [0.25, 0.3) is 0 Å². The van der Waals surface area contributed by atoms with Crippen molar-refractivity contribution in [2.24, 2.45) is 0 Å². The van der Waals surface area contributed by atoms with Gasteiger partial charge in [0, 0.05) is 31.5 Å². The molecular formula is C21H25N3O3. The number of carbonyl (C=O) groups excluding carboxylic acids is 2. The second kappa shape index (κ2) is 8.68. The summed E-state index contributed by atoms with van der Waals surface area (Å²) >= 11 is 0. The first-order valence-electron chi connectivity index (χ1n) is 9.06. The number of carbonyl (C=O) groups is 2. The summed E-state index contributed by atoms with van der Waals surface area (Å²) in [7, 11) is 3.78. The SMILES string of the molecule is CN(C)c1ccc(NC(=O)COCc2ccccc2)cc1C(=O)NC1CC1. The molecule has 0 heterocycles. The summed E-state index contributed by atoms with van der Waals surface area (Å²) in [6.07, 6.45) is 2.05. The third-order valence-electron chi connectivity index (χ3n) is 4.26. The van der Waals surface area contributed by atoms with Crippen molar-refractivity contribution >= 4 is 23.2 Å². The maximum absolute atomic E-state index is 12.5. The summed E-state index contributed by atoms with van der Waals surface area (Å²) in [5.41, 5.74) is 2.95. The van der Waals surface area contributed by atoms with Gasteiger partial charge in [-0.25, -0.2) is 0 Å². The van der Waals surface area contributed by atoms with E-state index in [2.05, 4.69) is 10.6 Å². The average Bonchev–Trinajstić information content (AvgIpc) is 3.46. The van der Waals surface area contributed by atoms with Crippen LogP contribution in [0.5, 0.6) is 0 Å². The fourth-order valence-electron chi connectivity index (χ4n) is 2.71. The Labute approximate surface area is 159 Å². The molecule has 0 bridgehead atoms. The second-order valence-electron chi connectivity index (χ2n) is 6.90. The van der Waals surface area contributed by atoms with Crippen LogP contribution >= 0.6 is 0 Å². The zero-order valence-corrected chi connectivity index (χ0v) is 15.7. The normalized spacial score (nSPS) is 13.1. The van der Waals surface area contributed by atoms with Crippen molar-refractivity contribution in [3.05, 3.63) is 59.7 Å². The molecule has 2 aromatic carbocycles. The summed E-state index contributed by atoms with van der Waals surface area (Å²) in [6.45, 7) is 0.330. The molecule has 0 radical (unpaired) electrons. The third-order valence-corrected chi connectivity index (χ3v) is 4.26. The van der Waals surface area contributed by atoms with E-state index in [0.29, 0.717) is 17.9 Å². The summed E-state index contributed by atoms with van der Waals surface area (Å²) in [5, 5.41) is 5.79. The maximum Gasteiger partial charge on any atom is 0.253 e. The number of amides is 2. The van der Waals surface area contributed by atoms with Gasteiger partial charge in [-0.3, -0.25) is 9.59 Å². The minimum atomic E-state index is -0.253. The molecule has 27 heavy (non-hydrogen) atoms. The van der Waals surface area contributed by atoms with Gasteiger partial charge in [-0.2, -0.15) is 0 Å². The van der Waals surface area contributed by atoms with Gasteiger partial charge < -0.3 is 20.3 Å². The molecule has 0 atom stereocenters. The first kappa shape index (κ1) is 18.9. The number of rotatable bonds is 8. The molecule has 1 saturated carbocycles. The number of nitrogens with one attached hydrogen (secondary N) is 2. The Balaban J connectivity index is 1.60. The Morgan fingerprint density at radius 3 is 2.52 bits per heavy atom. The highest BCUT2D eigenvalue weighted by atomic mass is 16.5. The van der Waals surface area contributed by atoms with Crippen LogP contribution in [0.4, 0.5) is 11.4 Å². The topological polar surface area (TPSA) is 70.7 Å². The molecule has 6 heteroatoms. The third kappa shape index (κ3) is 5.56. The van der Waals surface area contributed by atoms with Gasteiger partial charge in [0.15, 0.2) is 0 Å². The second-order valence-corrected chi connectivity index (χ2v) is 6.90. The first-order chi connectivity index (χ1) is 13.0. The van der Waals surface area contributed by atoms with E-state index >= 15 is 0 Å². The predicted molar refractivity (Wildman–Crippen MR) is 106 cm³/mol. The van der Waals surface area contributed by atoms with E-state index in [0.717, 1.165) is 24.1 Å². The van der Waals surface area contributed by atoms with E-state index in [9.17, 15) is 9.59 Å². The number of hydrogen-bond acceptors (Lipinski definition) is 4. The van der Waals surface area contributed by atoms with Crippen molar-refractivity contribution in [1.82, 2.24) is 5.32 Å². The largest absolute Gasteiger partial charge is 0.377 e. The van der Waals surface area contributed by atoms with Gasteiger partial charge >= 0.3 is 0 Å². The molecule has 0 aliphatic heterocycles. The van der Waals surface area contributed by atoms with E-state index in [1.807, 2.05) is 55.4 Å². The standard InChI is InChI=1S/C21H25N3O3/c1-24(2)19-11-10-17(12-18(19)21(26)23-16-8-9-16)22-20(25)14-27-13-15-6-4-3-5-7-15/h3-7,10-12,16H,8-9,13-14H2,1-2H3,(H,22,25)(H,23,26). The molecule has 2 amide bonds. The van der Waals surface area contributed by atoms with E-state index in [-0.39, 0.29) is 24.5 Å². The molecule has 0 unspecified atom stereocenters. The molecule has 1 fully saturated rings. The Morgan fingerprint density at radius 1 is 1.11 bits per heavy atom. The van der Waals surface area contributed by atoms with Gasteiger partial charge in [0.05, 0.1) is 12.2 Å². The zero-order valence-electron chi connectivity index (χ0n) is 15.7. The maximum atomic E-state index is 12.5. The molecule has 0 aromatic heterocycles. The van der Waals surface area contributed by atoms with Crippen LogP contribution < -0.4 is 15.5 Å². The van der Waals surface area contributed by atoms with Gasteiger partial charge in [0.25, 0.3) is 5.91 Å². The number of hydrogen-bond donors (Lipinski definition) is 2. The molecule has 2 N–H and O–H groups in total. The minimum Gasteiger partial charge on any atom is -0.377 e. The van der Waals surface area contributed by atoms with Gasteiger partial charge in [0.1, 0.15) is 6.61 Å². The van der Waals surface area contributed by atoms with Crippen molar-refractivity contribution < 1.29 is 14.3 Å². The van der Waals surface area contributed by atoms with Crippen LogP contribution in [0.2, 0.25) is 0 Å². The monoisotopic (exact) mass is 367 g/mol. The Hall–Kier alpha value is -2.86. The Bertz CT molecular complexity index is 802. The fourth-order valence-corrected chi connectivity index (χ4v) is 2.71. The minimum absolute atomic E-state index is 0.0477. The van der Waals surface area contributed by atoms with E-state index in [1.165, 1.54) is 0 Å². The lowest BCUT2D eigenvalue weighted by Gasteiger charge is -2.18. The summed E-state index contributed by atoms with van der Waals surface area (Å²) < 4.78 is 5.45. The molecule has 2 aromatic rings. The van der Waals surface area contributed by atoms with Crippen LogP contribution in [0.3, 0.4) is 0 Å². The molecule has 3 rings (SSSR count). The van der Waals surface area contributed by atoms with Crippen LogP contribution in [-0.4, -0.2) is 38.6 Å². The number of nitrogens with zero attached hydrogens (tertiary/aromatic N) is 1. The van der Waals surface area contributed by atoms with Crippen LogP contribution in [0, 0.1) is 0 Å². The van der Waals surface area contributed by atoms with Gasteiger partial charge in [-0.1, -0.05) is 30.3 Å². The Morgan fingerprint density at radius 2 is 1.85 bits per heavy atom. The lowest BCUT2D eigenvalue weighted by atomic mass is 10.1. The van der Waals surface area contributed by atoms with Crippen LogP contribution in [0.15, 0.2) is 48.5 Å². The summed E-state index contributed by atoms with van der Waals surface area (Å²) in [6, 6.07) is 15.3. The van der Waals surface area contributed by atoms with Gasteiger partial charge in [-0.05, 0) is 36.6 Å². The van der Waals surface area contributed by atoms with Crippen molar-refractivity contribution in [2.75, 3.05) is 30.9 Å². The number of anilines is 2. The molecule has 0 spiro atoms. The molecule has 6 nitrogen and oxygen atoms in total. The molecule has 1 aliphatic carbocycles. The van der Waals surface area contributed by atoms with Gasteiger partial charge in [0.2, 0.25) is 5.91 Å². The summed E-state index contributed by atoms with van der Waals surface area (Å²) in [5.74, 6) is -0.366. The van der Waals surface area contributed by atoms with Crippen molar-refractivity contribution in [1.29, 1.82) is 0 Å². The number of ether oxygens (including phenoxy) is 1. The van der Waals surface area contributed by atoms with E-state index < -0.39 is 0 Å². The van der Waals surface area contributed by atoms with Crippen molar-refractivity contribution in [3.63, 3.8) is 0 Å². The summed E-state index contributed by atoms with van der Waals surface area (Å²) in [4.78, 5) is 26.5. The quantitative estimate of drug-likeness (QED) is 0.753. The van der Waals surface area contributed by atoms with E-state index in [1.54, 1.807) is 12.1 Å². The Kier molecular flexibility index (Phi) is 6.08. The highest BCUT2D eigenvalue weighted by Crippen LogP contribution is 2.25. The molecular weight excluding hydrogens is 342 g/mol. The van der Waals surface area contributed by atoms with Crippen LogP contribution in [0.1, 0.15) is 28.8 Å². The molecule has 142 valence electrons. The fraction of sp³-hybridized carbons (Fsp3) is 0.333. The van der Waals surface area contributed by atoms with E-state index in [4.69, 9.17) is 4.74 Å². The predicted octanol–water partition coefficient (Wildman–Crippen LogP) is 2.80. The van der Waals surface area contributed by atoms with Crippen molar-refractivity contribution in [2.45, 2.75) is 25.5 Å². The smallest absolute Gasteiger partial charge is 0.253 e.